The maximum atomic E-state index is 12.6. The van der Waals surface area contributed by atoms with E-state index in [4.69, 9.17) is 4.52 Å². The Morgan fingerprint density at radius 1 is 1.17 bits per heavy atom. The zero-order valence-electron chi connectivity index (χ0n) is 13.4. The van der Waals surface area contributed by atoms with E-state index in [2.05, 4.69) is 20.4 Å². The molecular weight excluding hydrogens is 306 g/mol. The Morgan fingerprint density at radius 2 is 1.96 bits per heavy atom. The fourth-order valence-corrected chi connectivity index (χ4v) is 2.25. The van der Waals surface area contributed by atoms with Crippen LogP contribution in [0.5, 0.6) is 0 Å². The summed E-state index contributed by atoms with van der Waals surface area (Å²) in [5.41, 5.74) is 1.11. The van der Waals surface area contributed by atoms with Gasteiger partial charge in [-0.25, -0.2) is 9.97 Å². The number of benzene rings is 1. The molecule has 24 heavy (non-hydrogen) atoms. The normalized spacial score (nSPS) is 10.4. The first kappa shape index (κ1) is 15.7. The highest BCUT2D eigenvalue weighted by Crippen LogP contribution is 2.17. The van der Waals surface area contributed by atoms with Crippen molar-refractivity contribution >= 4 is 23.2 Å². The zero-order chi connectivity index (χ0) is 16.9. The average Bonchev–Trinajstić information content (AvgIpc) is 3.02. The number of carbonyl (C=O) groups is 1. The molecule has 0 saturated carbocycles. The van der Waals surface area contributed by atoms with Crippen LogP contribution in [0.4, 0.5) is 17.3 Å². The van der Waals surface area contributed by atoms with Gasteiger partial charge in [-0.1, -0.05) is 23.4 Å². The van der Waals surface area contributed by atoms with Crippen LogP contribution in [0.2, 0.25) is 0 Å². The highest BCUT2D eigenvalue weighted by molar-refractivity contribution is 6.04. The quantitative estimate of drug-likeness (QED) is 0.776. The van der Waals surface area contributed by atoms with E-state index >= 15 is 0 Å². The molecule has 7 heteroatoms. The lowest BCUT2D eigenvalue weighted by molar-refractivity contribution is 0.0983. The van der Waals surface area contributed by atoms with E-state index < -0.39 is 0 Å². The van der Waals surface area contributed by atoms with Gasteiger partial charge in [0, 0.05) is 18.3 Å². The van der Waals surface area contributed by atoms with E-state index in [1.54, 1.807) is 17.9 Å². The molecule has 0 spiro atoms. The molecule has 7 nitrogen and oxygen atoms in total. The predicted octanol–water partition coefficient (Wildman–Crippen LogP) is 3.18. The Labute approximate surface area is 139 Å². The van der Waals surface area contributed by atoms with Gasteiger partial charge in [-0.15, -0.1) is 0 Å². The third kappa shape index (κ3) is 3.40. The van der Waals surface area contributed by atoms with Crippen LogP contribution in [0.3, 0.4) is 0 Å². The van der Waals surface area contributed by atoms with Crippen LogP contribution in [0.1, 0.15) is 23.2 Å². The van der Waals surface area contributed by atoms with Crippen molar-refractivity contribution in [1.29, 1.82) is 0 Å². The van der Waals surface area contributed by atoms with Gasteiger partial charge >= 0.3 is 0 Å². The van der Waals surface area contributed by atoms with E-state index in [1.807, 2.05) is 37.3 Å². The summed E-state index contributed by atoms with van der Waals surface area (Å²) in [6, 6.07) is 11.2. The summed E-state index contributed by atoms with van der Waals surface area (Å²) in [6.45, 7) is 4.26. The van der Waals surface area contributed by atoms with Crippen molar-refractivity contribution in [2.75, 3.05) is 16.8 Å². The third-order valence-electron chi connectivity index (χ3n) is 3.38. The number of carbonyl (C=O) groups excluding carboxylic acids is 1. The van der Waals surface area contributed by atoms with Crippen molar-refractivity contribution in [2.24, 2.45) is 0 Å². The second-order valence-corrected chi connectivity index (χ2v) is 5.12. The van der Waals surface area contributed by atoms with E-state index in [0.717, 1.165) is 5.69 Å². The fourth-order valence-electron chi connectivity index (χ4n) is 2.25. The molecular formula is C17H17N5O2. The van der Waals surface area contributed by atoms with Gasteiger partial charge in [-0.3, -0.25) is 4.79 Å². The number of para-hydroxylation sites is 1. The standard InChI is InChI=1S/C17H17N5O2/c1-3-22(13-7-5-4-6-8-13)17(23)14-10-19-16(11-18-14)20-15-9-12(2)24-21-15/h4-11H,3H2,1-2H3,(H,19,20,21). The van der Waals surface area contributed by atoms with Crippen molar-refractivity contribution in [3.8, 4) is 0 Å². The van der Waals surface area contributed by atoms with Crippen LogP contribution in [0.15, 0.2) is 53.3 Å². The first-order chi connectivity index (χ1) is 11.7. The van der Waals surface area contributed by atoms with Gasteiger partial charge < -0.3 is 14.7 Å². The molecule has 0 unspecified atom stereocenters. The molecule has 0 saturated heterocycles. The molecule has 1 N–H and O–H groups in total. The number of amides is 1. The number of nitrogens with one attached hydrogen (secondary N) is 1. The van der Waals surface area contributed by atoms with E-state index in [0.29, 0.717) is 23.9 Å². The molecule has 0 aliphatic heterocycles. The minimum atomic E-state index is -0.194. The molecule has 0 aliphatic rings. The van der Waals surface area contributed by atoms with E-state index in [9.17, 15) is 4.79 Å². The highest BCUT2D eigenvalue weighted by Gasteiger charge is 2.17. The van der Waals surface area contributed by atoms with Crippen LogP contribution >= 0.6 is 0 Å². The monoisotopic (exact) mass is 323 g/mol. The molecule has 1 amide bonds. The average molecular weight is 323 g/mol. The number of rotatable bonds is 5. The lowest BCUT2D eigenvalue weighted by Gasteiger charge is -2.20. The topological polar surface area (TPSA) is 84.2 Å². The van der Waals surface area contributed by atoms with Crippen molar-refractivity contribution in [3.63, 3.8) is 0 Å². The highest BCUT2D eigenvalue weighted by atomic mass is 16.5. The van der Waals surface area contributed by atoms with E-state index in [-0.39, 0.29) is 11.6 Å². The van der Waals surface area contributed by atoms with Gasteiger partial charge in [0.2, 0.25) is 0 Å². The largest absolute Gasteiger partial charge is 0.360 e. The molecule has 0 fully saturated rings. The predicted molar refractivity (Wildman–Crippen MR) is 90.3 cm³/mol. The van der Waals surface area contributed by atoms with Crippen LogP contribution in [-0.4, -0.2) is 27.6 Å². The Hall–Kier alpha value is -3.22. The summed E-state index contributed by atoms with van der Waals surface area (Å²) in [7, 11) is 0. The molecule has 0 radical (unpaired) electrons. The maximum absolute atomic E-state index is 12.6. The summed E-state index contributed by atoms with van der Waals surface area (Å²) >= 11 is 0. The van der Waals surface area contributed by atoms with Gasteiger partial charge in [0.1, 0.15) is 17.3 Å². The second kappa shape index (κ2) is 6.91. The zero-order valence-corrected chi connectivity index (χ0v) is 13.4. The minimum absolute atomic E-state index is 0.194. The Kier molecular flexibility index (Phi) is 4.51. The Balaban J connectivity index is 1.75. The van der Waals surface area contributed by atoms with Gasteiger partial charge in [0.05, 0.1) is 12.4 Å². The van der Waals surface area contributed by atoms with Gasteiger partial charge in [-0.05, 0) is 26.0 Å². The minimum Gasteiger partial charge on any atom is -0.360 e. The van der Waals surface area contributed by atoms with Crippen molar-refractivity contribution in [3.05, 3.63) is 60.2 Å². The first-order valence-corrected chi connectivity index (χ1v) is 7.56. The van der Waals surface area contributed by atoms with Crippen LogP contribution in [0.25, 0.3) is 0 Å². The maximum Gasteiger partial charge on any atom is 0.278 e. The first-order valence-electron chi connectivity index (χ1n) is 7.56. The van der Waals surface area contributed by atoms with Crippen LogP contribution < -0.4 is 10.2 Å². The molecule has 3 rings (SSSR count). The third-order valence-corrected chi connectivity index (χ3v) is 3.38. The molecule has 0 bridgehead atoms. The molecule has 3 aromatic rings. The van der Waals surface area contributed by atoms with Gasteiger partial charge in [0.15, 0.2) is 5.82 Å². The lowest BCUT2D eigenvalue weighted by Crippen LogP contribution is -2.31. The summed E-state index contributed by atoms with van der Waals surface area (Å²) in [5, 5.41) is 6.78. The summed E-state index contributed by atoms with van der Waals surface area (Å²) in [5.74, 6) is 1.53. The summed E-state index contributed by atoms with van der Waals surface area (Å²) in [6.07, 6.45) is 2.94. The summed E-state index contributed by atoms with van der Waals surface area (Å²) in [4.78, 5) is 22.7. The fraction of sp³-hybridized carbons (Fsp3) is 0.176. The smallest absolute Gasteiger partial charge is 0.278 e. The molecule has 0 atom stereocenters. The molecule has 2 heterocycles. The van der Waals surface area contributed by atoms with Crippen molar-refractivity contribution < 1.29 is 9.32 Å². The summed E-state index contributed by atoms with van der Waals surface area (Å²) < 4.78 is 4.97. The molecule has 2 aromatic heterocycles. The number of nitrogens with zero attached hydrogens (tertiary/aromatic N) is 4. The lowest BCUT2D eigenvalue weighted by atomic mass is 10.2. The second-order valence-electron chi connectivity index (χ2n) is 5.12. The van der Waals surface area contributed by atoms with E-state index in [1.165, 1.54) is 12.4 Å². The van der Waals surface area contributed by atoms with Gasteiger partial charge in [-0.2, -0.15) is 0 Å². The number of aromatic nitrogens is 3. The van der Waals surface area contributed by atoms with Gasteiger partial charge in [0.25, 0.3) is 5.91 Å². The Morgan fingerprint density at radius 3 is 2.54 bits per heavy atom. The van der Waals surface area contributed by atoms with Crippen molar-refractivity contribution in [1.82, 2.24) is 15.1 Å². The molecule has 0 aliphatic carbocycles. The molecule has 122 valence electrons. The Bertz CT molecular complexity index is 815. The number of hydrogen-bond donors (Lipinski definition) is 1. The molecule has 1 aromatic carbocycles. The van der Waals surface area contributed by atoms with Crippen molar-refractivity contribution in [2.45, 2.75) is 13.8 Å². The number of hydrogen-bond acceptors (Lipinski definition) is 6. The number of anilines is 3. The SMILES string of the molecule is CCN(C(=O)c1cnc(Nc2cc(C)on2)cn1)c1ccccc1. The van der Waals surface area contributed by atoms with Crippen LogP contribution in [-0.2, 0) is 0 Å². The van der Waals surface area contributed by atoms with Crippen LogP contribution in [0, 0.1) is 6.92 Å². The number of aryl methyl sites for hydroxylation is 1.